The minimum absolute atomic E-state index is 0.0910. The number of likely N-dealkylation sites (N-methyl/N-ethyl adjacent to an activating group) is 1. The maximum atomic E-state index is 12.4. The molecular weight excluding hydrogens is 628 g/mol. The third-order valence-corrected chi connectivity index (χ3v) is 7.50. The molecule has 0 radical (unpaired) electrons. The summed E-state index contributed by atoms with van der Waals surface area (Å²) in [5.74, 6) is 0.832. The second-order valence-corrected chi connectivity index (χ2v) is 10.9. The lowest BCUT2D eigenvalue weighted by Crippen LogP contribution is -2.28. The number of nitrogens with zero attached hydrogens (tertiary/aromatic N) is 7. The number of rotatable bonds is 11. The summed E-state index contributed by atoms with van der Waals surface area (Å²) in [4.78, 5) is 38.4. The summed E-state index contributed by atoms with van der Waals surface area (Å²) in [6, 6.07) is 22.5. The van der Waals surface area contributed by atoms with E-state index in [2.05, 4.69) is 41.3 Å². The van der Waals surface area contributed by atoms with E-state index in [1.165, 1.54) is 12.4 Å². The molecule has 4 heterocycles. The lowest BCUT2D eigenvalue weighted by Gasteiger charge is -2.19. The van der Waals surface area contributed by atoms with Crippen molar-refractivity contribution in [1.82, 2.24) is 35.2 Å². The molecule has 1 amide bonds. The van der Waals surface area contributed by atoms with Gasteiger partial charge in [0, 0.05) is 31.4 Å². The average molecular weight is 657 g/mol. The first-order valence-electron chi connectivity index (χ1n) is 15.1. The number of benzene rings is 3. The molecule has 0 spiro atoms. The van der Waals surface area contributed by atoms with Crippen LogP contribution in [0, 0.1) is 11.3 Å². The summed E-state index contributed by atoms with van der Waals surface area (Å²) in [5.41, 5.74) is 12.0. The fourth-order valence-corrected chi connectivity index (χ4v) is 4.94. The van der Waals surface area contributed by atoms with Crippen LogP contribution in [0.4, 0.5) is 16.4 Å². The average Bonchev–Trinajstić information content (AvgIpc) is 3.86. The number of amides is 1. The van der Waals surface area contributed by atoms with Crippen LogP contribution in [0.3, 0.4) is 0 Å². The molecule has 0 bridgehead atoms. The first-order chi connectivity index (χ1) is 23.9. The Morgan fingerprint density at radius 1 is 1.02 bits per heavy atom. The van der Waals surface area contributed by atoms with Crippen molar-refractivity contribution in [1.29, 1.82) is 5.26 Å². The molecule has 0 saturated heterocycles. The number of aromatic nitrogens is 6. The number of nitriles is 1. The van der Waals surface area contributed by atoms with Crippen LogP contribution in [-0.4, -0.2) is 56.2 Å². The van der Waals surface area contributed by atoms with Crippen LogP contribution in [0.25, 0.3) is 45.0 Å². The third kappa shape index (κ3) is 6.93. The van der Waals surface area contributed by atoms with Crippen molar-refractivity contribution in [2.24, 2.45) is 0 Å². The van der Waals surface area contributed by atoms with Gasteiger partial charge in [-0.3, -0.25) is 0 Å². The molecule has 0 aliphatic carbocycles. The number of alkyl carbamates (subject to hydrolysis) is 1. The van der Waals surface area contributed by atoms with E-state index >= 15 is 0 Å². The van der Waals surface area contributed by atoms with Gasteiger partial charge in [-0.25, -0.2) is 19.7 Å². The van der Waals surface area contributed by atoms with E-state index in [-0.39, 0.29) is 36.5 Å². The Morgan fingerprint density at radius 3 is 2.67 bits per heavy atom. The van der Waals surface area contributed by atoms with E-state index in [4.69, 9.17) is 24.0 Å². The van der Waals surface area contributed by atoms with Crippen LogP contribution in [-0.2, 0) is 17.9 Å². The van der Waals surface area contributed by atoms with Crippen LogP contribution in [0.15, 0.2) is 81.9 Å². The zero-order valence-electron chi connectivity index (χ0n) is 26.1. The van der Waals surface area contributed by atoms with E-state index in [1.54, 1.807) is 6.07 Å². The molecule has 0 aliphatic heterocycles. The van der Waals surface area contributed by atoms with E-state index in [9.17, 15) is 10.1 Å². The highest BCUT2D eigenvalue weighted by molar-refractivity contribution is 5.89. The van der Waals surface area contributed by atoms with Gasteiger partial charge in [-0.15, -0.1) is 0 Å². The number of imidazole rings is 1. The number of hydrogen-bond acceptors (Lipinski definition) is 13. The quantitative estimate of drug-likeness (QED) is 0.153. The highest BCUT2D eigenvalue weighted by atomic mass is 16.5. The van der Waals surface area contributed by atoms with E-state index in [0.29, 0.717) is 52.3 Å². The lowest BCUT2D eigenvalue weighted by molar-refractivity contribution is 0.148. The molecule has 15 nitrogen and oxygen atoms in total. The topological polar surface area (TPSA) is 207 Å². The standard InChI is InChI=1S/C34H28N10O5/c1-44(23-10-11-25-27(15-23)48-28(40-25)14-22(16-35)31-41-24-4-2-3-5-26(24)49-31)12-13-46-34(45)37-17-20-6-8-21(9-7-20)18-47-32-29-30(39-19-38-29)42-33(36)43-32/h2-11,14-15,19H,12-13,17-18H2,1H3,(H,37,45)(H3,36,38,39,42,43)/b22-14+. The summed E-state index contributed by atoms with van der Waals surface area (Å²) >= 11 is 0. The molecule has 244 valence electrons. The number of hydrogen-bond donors (Lipinski definition) is 3. The summed E-state index contributed by atoms with van der Waals surface area (Å²) in [6.45, 7) is 1.15. The van der Waals surface area contributed by atoms with Gasteiger partial charge in [-0.05, 0) is 35.4 Å². The molecule has 15 heteroatoms. The predicted octanol–water partition coefficient (Wildman–Crippen LogP) is 5.22. The highest BCUT2D eigenvalue weighted by Crippen LogP contribution is 2.26. The Morgan fingerprint density at radius 2 is 1.84 bits per heavy atom. The van der Waals surface area contributed by atoms with Crippen molar-refractivity contribution < 1.29 is 23.1 Å². The van der Waals surface area contributed by atoms with Crippen molar-refractivity contribution in [3.05, 3.63) is 96.0 Å². The minimum atomic E-state index is -0.528. The van der Waals surface area contributed by atoms with Gasteiger partial charge in [0.1, 0.15) is 35.9 Å². The first kappa shape index (κ1) is 30.7. The van der Waals surface area contributed by atoms with E-state index in [1.807, 2.05) is 72.6 Å². The summed E-state index contributed by atoms with van der Waals surface area (Å²) in [6.07, 6.45) is 2.47. The number of allylic oxidation sites excluding steroid dienone is 1. The molecule has 4 aromatic heterocycles. The molecule has 0 fully saturated rings. The maximum Gasteiger partial charge on any atom is 0.407 e. The lowest BCUT2D eigenvalue weighted by atomic mass is 10.1. The molecule has 7 aromatic rings. The number of carbonyl (C=O) groups excluding carboxylic acids is 1. The SMILES string of the molecule is CN(CCOC(=O)NCc1ccc(COc2nc(N)nc3[nH]cnc23)cc1)c1ccc2nc(/C=C(\C#N)c3nc4ccccc4o3)oc2c1. The molecule has 0 atom stereocenters. The largest absolute Gasteiger partial charge is 0.471 e. The Bertz CT molecular complexity index is 2320. The smallest absolute Gasteiger partial charge is 0.407 e. The number of H-pyrrole nitrogens is 1. The number of ether oxygens (including phenoxy) is 2. The second-order valence-electron chi connectivity index (χ2n) is 10.9. The van der Waals surface area contributed by atoms with Crippen LogP contribution in [0.5, 0.6) is 5.88 Å². The van der Waals surface area contributed by atoms with E-state index in [0.717, 1.165) is 16.8 Å². The number of anilines is 2. The molecule has 49 heavy (non-hydrogen) atoms. The first-order valence-corrected chi connectivity index (χ1v) is 15.1. The van der Waals surface area contributed by atoms with Crippen molar-refractivity contribution in [3.8, 4) is 11.9 Å². The Labute approximate surface area is 278 Å². The number of carbonyl (C=O) groups is 1. The number of nitrogen functional groups attached to an aromatic ring is 1. The maximum absolute atomic E-state index is 12.4. The van der Waals surface area contributed by atoms with Gasteiger partial charge in [-0.1, -0.05) is 36.4 Å². The van der Waals surface area contributed by atoms with Crippen LogP contribution < -0.4 is 20.7 Å². The van der Waals surface area contributed by atoms with Crippen LogP contribution in [0.2, 0.25) is 0 Å². The monoisotopic (exact) mass is 656 g/mol. The molecular formula is C34H28N10O5. The zero-order chi connectivity index (χ0) is 33.7. The molecule has 4 N–H and O–H groups in total. The van der Waals surface area contributed by atoms with E-state index < -0.39 is 6.09 Å². The van der Waals surface area contributed by atoms with Crippen molar-refractivity contribution >= 4 is 62.7 Å². The summed E-state index contributed by atoms with van der Waals surface area (Å²) in [5, 5.41) is 12.5. The number of fused-ring (bicyclic) bond motifs is 3. The summed E-state index contributed by atoms with van der Waals surface area (Å²) < 4.78 is 22.8. The number of oxazole rings is 2. The second kappa shape index (κ2) is 13.4. The predicted molar refractivity (Wildman–Crippen MR) is 180 cm³/mol. The normalized spacial score (nSPS) is 11.6. The molecule has 3 aromatic carbocycles. The highest BCUT2D eigenvalue weighted by Gasteiger charge is 2.14. The Kier molecular flexibility index (Phi) is 8.40. The molecule has 0 saturated carbocycles. The number of nitrogens with two attached hydrogens (primary N) is 1. The van der Waals surface area contributed by atoms with Crippen molar-refractivity contribution in [2.45, 2.75) is 13.2 Å². The van der Waals surface area contributed by atoms with Crippen LogP contribution in [0.1, 0.15) is 22.9 Å². The third-order valence-electron chi connectivity index (χ3n) is 7.50. The van der Waals surface area contributed by atoms with Gasteiger partial charge >= 0.3 is 6.09 Å². The van der Waals surface area contributed by atoms with Crippen LogP contribution >= 0.6 is 0 Å². The number of aromatic amines is 1. The van der Waals surface area contributed by atoms with Gasteiger partial charge in [0.25, 0.3) is 0 Å². The van der Waals surface area contributed by atoms with Crippen molar-refractivity contribution in [3.63, 3.8) is 0 Å². The fourth-order valence-electron chi connectivity index (χ4n) is 4.94. The van der Waals surface area contributed by atoms with Gasteiger partial charge < -0.3 is 39.2 Å². The van der Waals surface area contributed by atoms with Gasteiger partial charge in [0.2, 0.25) is 23.6 Å². The number of nitrogens with one attached hydrogen (secondary N) is 2. The van der Waals surface area contributed by atoms with Gasteiger partial charge in [-0.2, -0.15) is 15.2 Å². The Hall–Kier alpha value is -6.95. The fraction of sp³-hybridized carbons (Fsp3) is 0.147. The zero-order valence-corrected chi connectivity index (χ0v) is 26.1. The number of para-hydroxylation sites is 2. The molecule has 7 rings (SSSR count). The Balaban J connectivity index is 0.879. The summed E-state index contributed by atoms with van der Waals surface area (Å²) in [7, 11) is 1.88. The molecule has 0 unspecified atom stereocenters. The van der Waals surface area contributed by atoms with Gasteiger partial charge in [0.05, 0.1) is 12.9 Å². The van der Waals surface area contributed by atoms with Gasteiger partial charge in [0.15, 0.2) is 22.3 Å². The van der Waals surface area contributed by atoms with Crippen molar-refractivity contribution in [2.75, 3.05) is 30.8 Å². The molecule has 0 aliphatic rings. The minimum Gasteiger partial charge on any atom is -0.471 e.